The summed E-state index contributed by atoms with van der Waals surface area (Å²) in [5.41, 5.74) is 0.622. The van der Waals surface area contributed by atoms with Gasteiger partial charge >= 0.3 is 5.97 Å². The minimum atomic E-state index is -3.90. The van der Waals surface area contributed by atoms with E-state index in [1.807, 2.05) is 0 Å². The van der Waals surface area contributed by atoms with Crippen molar-refractivity contribution in [2.75, 3.05) is 31.7 Å². The number of rotatable bonds is 5. The Morgan fingerprint density at radius 1 is 1.27 bits per heavy atom. The van der Waals surface area contributed by atoms with Crippen molar-refractivity contribution >= 4 is 27.8 Å². The molecule has 1 aliphatic heterocycles. The van der Waals surface area contributed by atoms with Crippen molar-refractivity contribution in [3.63, 3.8) is 0 Å². The molecule has 0 bridgehead atoms. The van der Waals surface area contributed by atoms with E-state index in [9.17, 15) is 17.6 Å². The third-order valence-corrected chi connectivity index (χ3v) is 6.72. The number of halogens is 1. The fraction of sp³-hybridized carbons (Fsp3) is 0.375. The van der Waals surface area contributed by atoms with Gasteiger partial charge in [-0.25, -0.2) is 17.6 Å². The van der Waals surface area contributed by atoms with Crippen molar-refractivity contribution in [2.24, 2.45) is 0 Å². The summed E-state index contributed by atoms with van der Waals surface area (Å²) in [7, 11) is -2.71. The number of thioether (sulfide) groups is 1. The molecule has 1 aromatic carbocycles. The van der Waals surface area contributed by atoms with E-state index in [0.29, 0.717) is 24.6 Å². The average Bonchev–Trinajstić information content (AvgIpc) is 3.08. The van der Waals surface area contributed by atoms with Gasteiger partial charge in [0, 0.05) is 30.8 Å². The number of hydrogen-bond donors (Lipinski definition) is 0. The zero-order chi connectivity index (χ0) is 18.7. The summed E-state index contributed by atoms with van der Waals surface area (Å²) in [5, 5.41) is 3.82. The van der Waals surface area contributed by atoms with Crippen LogP contribution >= 0.6 is 11.8 Å². The molecule has 2 heterocycles. The summed E-state index contributed by atoms with van der Waals surface area (Å²) in [4.78, 5) is 12.1. The monoisotopic (exact) mass is 399 g/mol. The molecule has 1 saturated heterocycles. The first-order valence-corrected chi connectivity index (χ1v) is 10.5. The molecule has 0 unspecified atom stereocenters. The molecule has 26 heavy (non-hydrogen) atoms. The van der Waals surface area contributed by atoms with Gasteiger partial charge in [-0.3, -0.25) is 4.68 Å². The summed E-state index contributed by atoms with van der Waals surface area (Å²) in [6.07, 6.45) is 1.35. The predicted molar refractivity (Wildman–Crippen MR) is 95.2 cm³/mol. The Hall–Kier alpha value is -1.91. The van der Waals surface area contributed by atoms with Crippen LogP contribution in [0.15, 0.2) is 35.5 Å². The highest BCUT2D eigenvalue weighted by Gasteiger charge is 2.34. The molecule has 0 amide bonds. The Balaban J connectivity index is 1.96. The van der Waals surface area contributed by atoms with Crippen molar-refractivity contribution in [2.45, 2.75) is 11.6 Å². The lowest BCUT2D eigenvalue weighted by molar-refractivity contribution is 0.0596. The fourth-order valence-corrected chi connectivity index (χ4v) is 5.28. The molecule has 10 heteroatoms. The van der Waals surface area contributed by atoms with Crippen molar-refractivity contribution in [3.05, 3.63) is 47.4 Å². The van der Waals surface area contributed by atoms with Crippen LogP contribution < -0.4 is 0 Å². The number of hydrogen-bond acceptors (Lipinski definition) is 6. The van der Waals surface area contributed by atoms with E-state index < -0.39 is 16.0 Å². The lowest BCUT2D eigenvalue weighted by Crippen LogP contribution is -2.38. The Morgan fingerprint density at radius 2 is 1.92 bits per heavy atom. The summed E-state index contributed by atoms with van der Waals surface area (Å²) in [6.45, 7) is 0.951. The standard InChI is InChI=1S/C16H18FN3O4S2/c1-24-16(21)14-11-19(10-12-2-4-13(17)5-3-12)18-15(14)26(22,23)20-6-8-25-9-7-20/h2-5,11H,6-10H2,1H3. The first-order chi connectivity index (χ1) is 12.4. The summed E-state index contributed by atoms with van der Waals surface area (Å²) in [5.74, 6) is 0.266. The number of aromatic nitrogens is 2. The van der Waals surface area contributed by atoms with Crippen molar-refractivity contribution in [1.29, 1.82) is 0 Å². The van der Waals surface area contributed by atoms with Gasteiger partial charge < -0.3 is 4.74 Å². The third-order valence-electron chi connectivity index (χ3n) is 3.95. The van der Waals surface area contributed by atoms with Crippen LogP contribution in [0.3, 0.4) is 0 Å². The number of benzene rings is 1. The Morgan fingerprint density at radius 3 is 2.54 bits per heavy atom. The van der Waals surface area contributed by atoms with Crippen LogP contribution in [0.2, 0.25) is 0 Å². The van der Waals surface area contributed by atoms with Crippen LogP contribution in [0, 0.1) is 5.82 Å². The van der Waals surface area contributed by atoms with Crippen LogP contribution in [0.5, 0.6) is 0 Å². The number of carbonyl (C=O) groups is 1. The molecule has 0 N–H and O–H groups in total. The van der Waals surface area contributed by atoms with E-state index in [-0.39, 0.29) is 23.0 Å². The maximum absolute atomic E-state index is 13.0. The van der Waals surface area contributed by atoms with Gasteiger partial charge in [-0.15, -0.1) is 0 Å². The number of nitrogens with zero attached hydrogens (tertiary/aromatic N) is 3. The summed E-state index contributed by atoms with van der Waals surface area (Å²) >= 11 is 1.68. The number of esters is 1. The van der Waals surface area contributed by atoms with Gasteiger partial charge in [-0.1, -0.05) is 12.1 Å². The molecule has 3 rings (SSSR count). The highest BCUT2D eigenvalue weighted by molar-refractivity contribution is 7.99. The summed E-state index contributed by atoms with van der Waals surface area (Å²) < 4.78 is 46.3. The average molecular weight is 399 g/mol. The molecule has 1 fully saturated rings. The zero-order valence-corrected chi connectivity index (χ0v) is 15.7. The predicted octanol–water partition coefficient (Wildman–Crippen LogP) is 1.59. The second kappa shape index (κ2) is 7.77. The normalized spacial score (nSPS) is 15.8. The number of methoxy groups -OCH3 is 1. The van der Waals surface area contributed by atoms with Gasteiger partial charge in [-0.05, 0) is 17.7 Å². The topological polar surface area (TPSA) is 81.5 Å². The number of ether oxygens (including phenoxy) is 1. The van der Waals surface area contributed by atoms with Crippen LogP contribution in [0.4, 0.5) is 4.39 Å². The lowest BCUT2D eigenvalue weighted by atomic mass is 10.2. The quantitative estimate of drug-likeness (QED) is 0.711. The third kappa shape index (κ3) is 3.92. The Labute approximate surface area is 155 Å². The molecule has 0 atom stereocenters. The van der Waals surface area contributed by atoms with Gasteiger partial charge in [0.05, 0.1) is 13.7 Å². The van der Waals surface area contributed by atoms with E-state index in [1.54, 1.807) is 23.9 Å². The zero-order valence-electron chi connectivity index (χ0n) is 14.1. The maximum atomic E-state index is 13.0. The van der Waals surface area contributed by atoms with Crippen LogP contribution in [-0.4, -0.2) is 60.2 Å². The molecule has 0 radical (unpaired) electrons. The molecular formula is C16H18FN3O4S2. The van der Waals surface area contributed by atoms with E-state index in [2.05, 4.69) is 5.10 Å². The second-order valence-electron chi connectivity index (χ2n) is 5.68. The highest BCUT2D eigenvalue weighted by atomic mass is 32.2. The van der Waals surface area contributed by atoms with Crippen molar-refractivity contribution < 1.29 is 22.3 Å². The fourth-order valence-electron chi connectivity index (χ4n) is 2.61. The first kappa shape index (κ1) is 18.9. The smallest absolute Gasteiger partial charge is 0.342 e. The number of carbonyl (C=O) groups excluding carboxylic acids is 1. The highest BCUT2D eigenvalue weighted by Crippen LogP contribution is 2.23. The molecule has 0 aliphatic carbocycles. The second-order valence-corrected chi connectivity index (χ2v) is 8.76. The van der Waals surface area contributed by atoms with Crippen molar-refractivity contribution in [3.8, 4) is 0 Å². The van der Waals surface area contributed by atoms with Gasteiger partial charge in [0.1, 0.15) is 11.4 Å². The Kier molecular flexibility index (Phi) is 5.64. The summed E-state index contributed by atoms with van der Waals surface area (Å²) in [6, 6.07) is 5.77. The molecule has 140 valence electrons. The molecule has 7 nitrogen and oxygen atoms in total. The van der Waals surface area contributed by atoms with E-state index in [1.165, 1.54) is 34.4 Å². The lowest BCUT2D eigenvalue weighted by Gasteiger charge is -2.24. The van der Waals surface area contributed by atoms with Gasteiger partial charge in [-0.2, -0.15) is 21.2 Å². The first-order valence-electron chi connectivity index (χ1n) is 7.90. The maximum Gasteiger partial charge on any atom is 0.342 e. The molecular weight excluding hydrogens is 381 g/mol. The van der Waals surface area contributed by atoms with Crippen LogP contribution in [0.25, 0.3) is 0 Å². The van der Waals surface area contributed by atoms with Gasteiger partial charge in [0.15, 0.2) is 0 Å². The SMILES string of the molecule is COC(=O)c1cn(Cc2ccc(F)cc2)nc1S(=O)(=O)N1CCSCC1. The van der Waals surface area contributed by atoms with E-state index in [4.69, 9.17) is 4.74 Å². The molecule has 0 saturated carbocycles. The van der Waals surface area contributed by atoms with Crippen molar-refractivity contribution in [1.82, 2.24) is 14.1 Å². The molecule has 1 aliphatic rings. The Bertz CT molecular complexity index is 891. The van der Waals surface area contributed by atoms with E-state index >= 15 is 0 Å². The van der Waals surface area contributed by atoms with E-state index in [0.717, 1.165) is 5.56 Å². The van der Waals surface area contributed by atoms with Crippen LogP contribution in [0.1, 0.15) is 15.9 Å². The van der Waals surface area contributed by atoms with Crippen LogP contribution in [-0.2, 0) is 21.3 Å². The minimum Gasteiger partial charge on any atom is -0.465 e. The number of sulfonamides is 1. The minimum absolute atomic E-state index is 0.104. The molecule has 0 spiro atoms. The molecule has 2 aromatic rings. The van der Waals surface area contributed by atoms with Gasteiger partial charge in [0.2, 0.25) is 5.03 Å². The largest absolute Gasteiger partial charge is 0.465 e. The van der Waals surface area contributed by atoms with Gasteiger partial charge in [0.25, 0.3) is 10.0 Å². The molecule has 1 aromatic heterocycles.